The fraction of sp³-hybridized carbons (Fsp3) is 0.300. The lowest BCUT2D eigenvalue weighted by atomic mass is 10.0. The Morgan fingerprint density at radius 3 is 2.86 bits per heavy atom. The van der Waals surface area contributed by atoms with Crippen LogP contribution >= 0.6 is 0 Å². The van der Waals surface area contributed by atoms with Crippen molar-refractivity contribution in [2.24, 2.45) is 0 Å². The average Bonchev–Trinajstić information content (AvgIpc) is 2.15. The van der Waals surface area contributed by atoms with Gasteiger partial charge in [0, 0.05) is 19.5 Å². The van der Waals surface area contributed by atoms with Crippen molar-refractivity contribution in [3.63, 3.8) is 0 Å². The third-order valence-electron chi connectivity index (χ3n) is 2.57. The summed E-state index contributed by atoms with van der Waals surface area (Å²) in [6, 6.07) is 3.27. The van der Waals surface area contributed by atoms with Gasteiger partial charge in [-0.05, 0) is 18.1 Å². The number of hydrogen-bond acceptors (Lipinski definition) is 3. The van der Waals surface area contributed by atoms with Crippen molar-refractivity contribution in [3.05, 3.63) is 17.7 Å². The summed E-state index contributed by atoms with van der Waals surface area (Å²) in [5.41, 5.74) is 7.71. The highest BCUT2D eigenvalue weighted by molar-refractivity contribution is 5.96. The summed E-state index contributed by atoms with van der Waals surface area (Å²) in [5, 5.41) is 9.42. The van der Waals surface area contributed by atoms with Crippen molar-refractivity contribution in [1.29, 1.82) is 0 Å². The van der Waals surface area contributed by atoms with E-state index in [1.807, 2.05) is 0 Å². The first-order valence-corrected chi connectivity index (χ1v) is 4.47. The predicted octanol–water partition coefficient (Wildman–Crippen LogP) is 0.883. The van der Waals surface area contributed by atoms with Gasteiger partial charge in [0.05, 0.1) is 11.4 Å². The van der Waals surface area contributed by atoms with E-state index in [2.05, 4.69) is 0 Å². The van der Waals surface area contributed by atoms with E-state index in [0.29, 0.717) is 18.5 Å². The van der Waals surface area contributed by atoms with Gasteiger partial charge in [0.15, 0.2) is 0 Å². The molecule has 1 aliphatic rings. The fourth-order valence-corrected chi connectivity index (χ4v) is 1.70. The highest BCUT2D eigenvalue weighted by Gasteiger charge is 2.21. The fourth-order valence-electron chi connectivity index (χ4n) is 1.70. The molecule has 0 unspecified atom stereocenters. The zero-order valence-electron chi connectivity index (χ0n) is 7.95. The average molecular weight is 192 g/mol. The van der Waals surface area contributed by atoms with Crippen LogP contribution in [0.15, 0.2) is 12.1 Å². The highest BCUT2D eigenvalue weighted by atomic mass is 16.3. The van der Waals surface area contributed by atoms with E-state index in [0.717, 1.165) is 11.3 Å². The number of nitrogen functional groups attached to an aromatic ring is 1. The molecule has 0 aliphatic carbocycles. The summed E-state index contributed by atoms with van der Waals surface area (Å²) in [7, 11) is 1.70. The summed E-state index contributed by atoms with van der Waals surface area (Å²) in [5.74, 6) is 0.104. The summed E-state index contributed by atoms with van der Waals surface area (Å²) in [6.45, 7) is 0. The Balaban J connectivity index is 2.55. The maximum Gasteiger partial charge on any atom is 0.227 e. The number of aryl methyl sites for hydroxylation is 1. The molecule has 0 atom stereocenters. The van der Waals surface area contributed by atoms with Crippen molar-refractivity contribution in [2.45, 2.75) is 12.8 Å². The van der Waals surface area contributed by atoms with Gasteiger partial charge in [-0.25, -0.2) is 0 Å². The number of aromatic hydroxyl groups is 1. The van der Waals surface area contributed by atoms with Crippen molar-refractivity contribution >= 4 is 17.3 Å². The minimum atomic E-state index is 0.0327. The molecule has 4 heteroatoms. The van der Waals surface area contributed by atoms with Gasteiger partial charge in [-0.2, -0.15) is 0 Å². The van der Waals surface area contributed by atoms with E-state index in [-0.39, 0.29) is 11.7 Å². The second kappa shape index (κ2) is 2.90. The van der Waals surface area contributed by atoms with E-state index in [1.165, 1.54) is 0 Å². The molecule has 1 aromatic rings. The number of carbonyl (C=O) groups is 1. The maximum atomic E-state index is 11.4. The second-order valence-electron chi connectivity index (χ2n) is 3.49. The number of nitrogens with two attached hydrogens (primary N) is 1. The number of rotatable bonds is 0. The molecular weight excluding hydrogens is 180 g/mol. The van der Waals surface area contributed by atoms with Gasteiger partial charge in [-0.15, -0.1) is 0 Å². The number of anilines is 2. The topological polar surface area (TPSA) is 66.6 Å². The molecule has 1 heterocycles. The Labute approximate surface area is 81.9 Å². The lowest BCUT2D eigenvalue weighted by molar-refractivity contribution is -0.118. The Morgan fingerprint density at radius 2 is 2.14 bits per heavy atom. The third-order valence-corrected chi connectivity index (χ3v) is 2.57. The minimum absolute atomic E-state index is 0.0327. The minimum Gasteiger partial charge on any atom is -0.506 e. The van der Waals surface area contributed by atoms with Gasteiger partial charge in [0.25, 0.3) is 0 Å². The van der Waals surface area contributed by atoms with E-state index in [9.17, 15) is 9.90 Å². The first-order valence-electron chi connectivity index (χ1n) is 4.47. The monoisotopic (exact) mass is 192 g/mol. The van der Waals surface area contributed by atoms with Crippen LogP contribution in [0, 0.1) is 0 Å². The zero-order chi connectivity index (χ0) is 10.3. The first-order chi connectivity index (χ1) is 6.59. The first kappa shape index (κ1) is 8.87. The lowest BCUT2D eigenvalue weighted by Gasteiger charge is -2.26. The molecule has 14 heavy (non-hydrogen) atoms. The molecular formula is C10H12N2O2. The highest BCUT2D eigenvalue weighted by Crippen LogP contribution is 2.33. The SMILES string of the molecule is CN1C(=O)CCc2cc(N)c(O)cc21. The molecule has 0 aromatic heterocycles. The molecule has 2 rings (SSSR count). The van der Waals surface area contributed by atoms with Crippen LogP contribution in [0.2, 0.25) is 0 Å². The maximum absolute atomic E-state index is 11.4. The van der Waals surface area contributed by atoms with Crippen LogP contribution in [-0.2, 0) is 11.2 Å². The van der Waals surface area contributed by atoms with Gasteiger partial charge in [0.2, 0.25) is 5.91 Å². The van der Waals surface area contributed by atoms with Gasteiger partial charge >= 0.3 is 0 Å². The summed E-state index contributed by atoms with van der Waals surface area (Å²) >= 11 is 0. The second-order valence-corrected chi connectivity index (χ2v) is 3.49. The van der Waals surface area contributed by atoms with Crippen LogP contribution in [0.25, 0.3) is 0 Å². The molecule has 74 valence electrons. The molecule has 4 nitrogen and oxygen atoms in total. The van der Waals surface area contributed by atoms with Crippen molar-refractivity contribution < 1.29 is 9.90 Å². The lowest BCUT2D eigenvalue weighted by Crippen LogP contribution is -2.31. The predicted molar refractivity (Wildman–Crippen MR) is 54.3 cm³/mol. The van der Waals surface area contributed by atoms with Gasteiger partial charge < -0.3 is 15.7 Å². The van der Waals surface area contributed by atoms with Gasteiger partial charge in [0.1, 0.15) is 5.75 Å². The Kier molecular flexibility index (Phi) is 1.84. The van der Waals surface area contributed by atoms with Crippen LogP contribution in [0.4, 0.5) is 11.4 Å². The van der Waals surface area contributed by atoms with Crippen LogP contribution in [0.5, 0.6) is 5.75 Å². The number of hydrogen-bond donors (Lipinski definition) is 2. The van der Waals surface area contributed by atoms with E-state index in [1.54, 1.807) is 24.1 Å². The van der Waals surface area contributed by atoms with Gasteiger partial charge in [-0.1, -0.05) is 0 Å². The number of phenols is 1. The van der Waals surface area contributed by atoms with Crippen molar-refractivity contribution in [2.75, 3.05) is 17.7 Å². The number of fused-ring (bicyclic) bond motifs is 1. The Bertz CT molecular complexity index is 401. The molecule has 0 radical (unpaired) electrons. The van der Waals surface area contributed by atoms with Crippen LogP contribution in [-0.4, -0.2) is 18.1 Å². The normalized spacial score (nSPS) is 15.5. The largest absolute Gasteiger partial charge is 0.506 e. The molecule has 1 aromatic carbocycles. The molecule has 0 saturated carbocycles. The van der Waals surface area contributed by atoms with E-state index < -0.39 is 0 Å². The molecule has 0 spiro atoms. The quantitative estimate of drug-likeness (QED) is 0.473. The van der Waals surface area contributed by atoms with Crippen LogP contribution < -0.4 is 10.6 Å². The van der Waals surface area contributed by atoms with Crippen molar-refractivity contribution in [3.8, 4) is 5.75 Å². The number of carbonyl (C=O) groups excluding carboxylic acids is 1. The number of phenolic OH excluding ortho intramolecular Hbond substituents is 1. The molecule has 1 amide bonds. The number of benzene rings is 1. The van der Waals surface area contributed by atoms with Crippen LogP contribution in [0.1, 0.15) is 12.0 Å². The summed E-state index contributed by atoms with van der Waals surface area (Å²) in [6.07, 6.45) is 1.21. The standard InChI is InChI=1S/C10H12N2O2/c1-12-8-5-9(13)7(11)4-6(8)2-3-10(12)14/h4-5,13H,2-3,11H2,1H3. The van der Waals surface area contributed by atoms with Crippen molar-refractivity contribution in [1.82, 2.24) is 0 Å². The number of amides is 1. The summed E-state index contributed by atoms with van der Waals surface area (Å²) < 4.78 is 0. The van der Waals surface area contributed by atoms with Crippen LogP contribution in [0.3, 0.4) is 0 Å². The molecule has 0 saturated heterocycles. The Morgan fingerprint density at radius 1 is 1.43 bits per heavy atom. The summed E-state index contributed by atoms with van der Waals surface area (Å²) in [4.78, 5) is 12.9. The van der Waals surface area contributed by atoms with E-state index in [4.69, 9.17) is 5.73 Å². The van der Waals surface area contributed by atoms with E-state index >= 15 is 0 Å². The molecule has 0 fully saturated rings. The number of nitrogens with zero attached hydrogens (tertiary/aromatic N) is 1. The zero-order valence-corrected chi connectivity index (χ0v) is 7.95. The molecule has 0 bridgehead atoms. The smallest absolute Gasteiger partial charge is 0.227 e. The molecule has 1 aliphatic heterocycles. The Hall–Kier alpha value is -1.71. The third kappa shape index (κ3) is 1.19. The molecule has 3 N–H and O–H groups in total. The van der Waals surface area contributed by atoms with Gasteiger partial charge in [-0.3, -0.25) is 4.79 Å².